The fourth-order valence-corrected chi connectivity index (χ4v) is 5.64. The van der Waals surface area contributed by atoms with E-state index in [9.17, 15) is 18.3 Å². The number of fused-ring (bicyclic) bond motifs is 1. The van der Waals surface area contributed by atoms with Gasteiger partial charge in [0, 0.05) is 37.9 Å². The second-order valence-corrected chi connectivity index (χ2v) is 10.2. The SMILES string of the molecule is C/C=C/c1ccc2c(c1)O[C@@H](CN(C)C(=O)c1cccnc1)[C@@H](C)CN([C@@H](C)CO)S2(=O)=O. The van der Waals surface area contributed by atoms with E-state index in [1.54, 1.807) is 49.3 Å². The molecule has 1 aliphatic heterocycles. The van der Waals surface area contributed by atoms with Gasteiger partial charge >= 0.3 is 0 Å². The molecule has 0 spiro atoms. The molecule has 1 aromatic heterocycles. The molecular weight excluding hydrogens is 442 g/mol. The molecule has 3 rings (SSSR count). The minimum absolute atomic E-state index is 0.0502. The quantitative estimate of drug-likeness (QED) is 0.692. The van der Waals surface area contributed by atoms with Crippen molar-refractivity contribution < 1.29 is 23.1 Å². The molecule has 0 bridgehead atoms. The molecule has 2 heterocycles. The van der Waals surface area contributed by atoms with E-state index in [1.807, 2.05) is 26.0 Å². The molecule has 1 aromatic carbocycles. The van der Waals surface area contributed by atoms with E-state index < -0.39 is 22.2 Å². The lowest BCUT2D eigenvalue weighted by Crippen LogP contribution is -2.50. The highest BCUT2D eigenvalue weighted by Crippen LogP contribution is 2.34. The number of carbonyl (C=O) groups is 1. The molecule has 178 valence electrons. The van der Waals surface area contributed by atoms with Crippen LogP contribution >= 0.6 is 0 Å². The predicted molar refractivity (Wildman–Crippen MR) is 126 cm³/mol. The molecule has 33 heavy (non-hydrogen) atoms. The van der Waals surface area contributed by atoms with E-state index >= 15 is 0 Å². The first kappa shape index (κ1) is 24.9. The largest absolute Gasteiger partial charge is 0.487 e. The van der Waals surface area contributed by atoms with Crippen molar-refractivity contribution in [1.82, 2.24) is 14.2 Å². The van der Waals surface area contributed by atoms with Crippen LogP contribution in [0, 0.1) is 5.92 Å². The number of aliphatic hydroxyl groups is 1. The summed E-state index contributed by atoms with van der Waals surface area (Å²) in [6.45, 7) is 5.54. The number of ether oxygens (including phenoxy) is 1. The summed E-state index contributed by atoms with van der Waals surface area (Å²) in [5.41, 5.74) is 1.27. The Morgan fingerprint density at radius 3 is 2.79 bits per heavy atom. The molecule has 9 heteroatoms. The Kier molecular flexibility index (Phi) is 7.88. The Hall–Kier alpha value is -2.75. The zero-order valence-electron chi connectivity index (χ0n) is 19.4. The number of amides is 1. The zero-order chi connectivity index (χ0) is 24.2. The number of aromatic nitrogens is 1. The van der Waals surface area contributed by atoms with Gasteiger partial charge in [0.1, 0.15) is 16.7 Å². The lowest BCUT2D eigenvalue weighted by Gasteiger charge is -2.37. The van der Waals surface area contributed by atoms with Crippen LogP contribution in [0.15, 0.2) is 53.7 Å². The van der Waals surface area contributed by atoms with Crippen molar-refractivity contribution in [1.29, 1.82) is 0 Å². The Bertz CT molecular complexity index is 1100. The monoisotopic (exact) mass is 473 g/mol. The number of rotatable bonds is 6. The lowest BCUT2D eigenvalue weighted by molar-refractivity contribution is 0.0563. The number of pyridine rings is 1. The van der Waals surface area contributed by atoms with Gasteiger partial charge in [0.15, 0.2) is 0 Å². The summed E-state index contributed by atoms with van der Waals surface area (Å²) >= 11 is 0. The summed E-state index contributed by atoms with van der Waals surface area (Å²) < 4.78 is 34.5. The Labute approximate surface area is 195 Å². The molecule has 2 aromatic rings. The third kappa shape index (κ3) is 5.43. The predicted octanol–water partition coefficient (Wildman–Crippen LogP) is 2.66. The highest BCUT2D eigenvalue weighted by molar-refractivity contribution is 7.89. The molecule has 8 nitrogen and oxygen atoms in total. The van der Waals surface area contributed by atoms with Gasteiger partial charge < -0.3 is 14.7 Å². The normalized spacial score (nSPS) is 21.5. The Morgan fingerprint density at radius 1 is 1.39 bits per heavy atom. The number of aliphatic hydroxyl groups excluding tert-OH is 1. The zero-order valence-corrected chi connectivity index (χ0v) is 20.2. The fourth-order valence-electron chi connectivity index (χ4n) is 3.82. The minimum Gasteiger partial charge on any atom is -0.487 e. The Balaban J connectivity index is 2.01. The molecule has 0 fully saturated rings. The van der Waals surface area contributed by atoms with Crippen LogP contribution in [0.3, 0.4) is 0 Å². The van der Waals surface area contributed by atoms with Crippen molar-refractivity contribution in [2.24, 2.45) is 5.92 Å². The molecule has 0 saturated carbocycles. The van der Waals surface area contributed by atoms with E-state index in [-0.39, 0.29) is 42.2 Å². The standard InChI is InChI=1S/C24H31N3O5S/c1-5-7-19-9-10-23-21(12-19)32-22(15-26(4)24(29)20-8-6-11-25-13-20)17(2)14-27(18(3)16-28)33(23,30)31/h5-13,17-18,22,28H,14-16H2,1-4H3/b7-5+/t17-,18-,22-/m0/s1. The van der Waals surface area contributed by atoms with E-state index in [0.29, 0.717) is 5.56 Å². The number of allylic oxidation sites excluding steroid dienone is 1. The van der Waals surface area contributed by atoms with Crippen LogP contribution in [0.25, 0.3) is 6.08 Å². The topological polar surface area (TPSA) is 100 Å². The molecule has 0 aliphatic carbocycles. The molecular formula is C24H31N3O5S. The molecule has 1 amide bonds. The van der Waals surface area contributed by atoms with Crippen LogP contribution in [-0.2, 0) is 10.0 Å². The summed E-state index contributed by atoms with van der Waals surface area (Å²) in [6.07, 6.45) is 6.36. The van der Waals surface area contributed by atoms with Crippen LogP contribution < -0.4 is 4.74 Å². The van der Waals surface area contributed by atoms with E-state index in [0.717, 1.165) is 5.56 Å². The van der Waals surface area contributed by atoms with E-state index in [4.69, 9.17) is 4.74 Å². The number of likely N-dealkylation sites (N-methyl/N-ethyl adjacent to an activating group) is 1. The van der Waals surface area contributed by atoms with Crippen molar-refractivity contribution in [3.63, 3.8) is 0 Å². The van der Waals surface area contributed by atoms with Crippen molar-refractivity contribution >= 4 is 22.0 Å². The van der Waals surface area contributed by atoms with Gasteiger partial charge in [-0.3, -0.25) is 9.78 Å². The summed E-state index contributed by atoms with van der Waals surface area (Å²) in [4.78, 5) is 18.5. The van der Waals surface area contributed by atoms with Gasteiger partial charge in [-0.25, -0.2) is 8.42 Å². The van der Waals surface area contributed by atoms with Crippen LogP contribution in [0.1, 0.15) is 36.7 Å². The number of sulfonamides is 1. The molecule has 0 unspecified atom stereocenters. The lowest BCUT2D eigenvalue weighted by atomic mass is 10.0. The van der Waals surface area contributed by atoms with Gasteiger partial charge in [-0.2, -0.15) is 4.31 Å². The van der Waals surface area contributed by atoms with Crippen LogP contribution in [0.5, 0.6) is 5.75 Å². The molecule has 1 N–H and O–H groups in total. The second kappa shape index (κ2) is 10.5. The van der Waals surface area contributed by atoms with Crippen LogP contribution in [0.4, 0.5) is 0 Å². The average Bonchev–Trinajstić information content (AvgIpc) is 2.81. The number of nitrogens with zero attached hydrogens (tertiary/aromatic N) is 3. The van der Waals surface area contributed by atoms with Gasteiger partial charge in [0.2, 0.25) is 10.0 Å². The second-order valence-electron chi connectivity index (χ2n) is 8.37. The highest BCUT2D eigenvalue weighted by atomic mass is 32.2. The molecule has 0 saturated heterocycles. The smallest absolute Gasteiger partial charge is 0.255 e. The van der Waals surface area contributed by atoms with Crippen LogP contribution in [0.2, 0.25) is 0 Å². The first-order valence-corrected chi connectivity index (χ1v) is 12.3. The van der Waals surface area contributed by atoms with Crippen molar-refractivity contribution in [2.75, 3.05) is 26.7 Å². The van der Waals surface area contributed by atoms with Crippen molar-refractivity contribution in [3.8, 4) is 5.75 Å². The molecule has 1 aliphatic rings. The summed E-state index contributed by atoms with van der Waals surface area (Å²) in [7, 11) is -2.21. The molecule has 0 radical (unpaired) electrons. The fraction of sp³-hybridized carbons (Fsp3) is 0.417. The number of benzene rings is 1. The van der Waals surface area contributed by atoms with E-state index in [1.165, 1.54) is 16.6 Å². The third-order valence-corrected chi connectivity index (χ3v) is 7.78. The third-order valence-electron chi connectivity index (χ3n) is 5.76. The average molecular weight is 474 g/mol. The maximum Gasteiger partial charge on any atom is 0.255 e. The number of carbonyl (C=O) groups excluding carboxylic acids is 1. The molecule has 3 atom stereocenters. The van der Waals surface area contributed by atoms with Crippen molar-refractivity contribution in [2.45, 2.75) is 37.8 Å². The Morgan fingerprint density at radius 2 is 2.15 bits per heavy atom. The van der Waals surface area contributed by atoms with Gasteiger partial charge in [-0.15, -0.1) is 0 Å². The summed E-state index contributed by atoms with van der Waals surface area (Å²) in [6, 6.07) is 7.75. The van der Waals surface area contributed by atoms with Gasteiger partial charge in [0.25, 0.3) is 5.91 Å². The van der Waals surface area contributed by atoms with Gasteiger partial charge in [-0.05, 0) is 43.7 Å². The summed E-state index contributed by atoms with van der Waals surface area (Å²) in [5, 5.41) is 9.73. The van der Waals surface area contributed by atoms with Gasteiger partial charge in [0.05, 0.1) is 18.7 Å². The van der Waals surface area contributed by atoms with Gasteiger partial charge in [-0.1, -0.05) is 25.1 Å². The summed E-state index contributed by atoms with van der Waals surface area (Å²) in [5.74, 6) is -0.215. The number of hydrogen-bond donors (Lipinski definition) is 1. The first-order valence-electron chi connectivity index (χ1n) is 10.9. The van der Waals surface area contributed by atoms with Crippen LogP contribution in [-0.4, -0.2) is 72.5 Å². The maximum absolute atomic E-state index is 13.5. The highest BCUT2D eigenvalue weighted by Gasteiger charge is 2.38. The van der Waals surface area contributed by atoms with E-state index in [2.05, 4.69) is 4.98 Å². The first-order chi connectivity index (χ1) is 15.7. The minimum atomic E-state index is -3.89. The number of hydrogen-bond acceptors (Lipinski definition) is 6. The van der Waals surface area contributed by atoms with Crippen molar-refractivity contribution in [3.05, 3.63) is 59.9 Å². The maximum atomic E-state index is 13.5.